The van der Waals surface area contributed by atoms with Crippen LogP contribution in [-0.2, 0) is 11.3 Å². The zero-order chi connectivity index (χ0) is 12.5. The first-order chi connectivity index (χ1) is 8.22. The van der Waals surface area contributed by atoms with E-state index in [9.17, 15) is 4.79 Å². The molecule has 17 heavy (non-hydrogen) atoms. The molecule has 2 N–H and O–H groups in total. The molecule has 3 nitrogen and oxygen atoms in total. The van der Waals surface area contributed by atoms with Gasteiger partial charge in [-0.3, -0.25) is 4.79 Å². The molecular formula is C14H20N2O. The number of hydrogen-bond acceptors (Lipinski definition) is 2. The van der Waals surface area contributed by atoms with E-state index in [-0.39, 0.29) is 5.91 Å². The molecule has 0 saturated heterocycles. The first-order valence-corrected chi connectivity index (χ1v) is 5.86. The third-order valence-corrected chi connectivity index (χ3v) is 2.42. The minimum absolute atomic E-state index is 0.0568. The first-order valence-electron chi connectivity index (χ1n) is 5.86. The molecule has 1 rings (SSSR count). The van der Waals surface area contributed by atoms with E-state index >= 15 is 0 Å². The maximum atomic E-state index is 11.3. The zero-order valence-electron chi connectivity index (χ0n) is 10.3. The van der Waals surface area contributed by atoms with Crippen molar-refractivity contribution in [3.05, 3.63) is 48.0 Å². The lowest BCUT2D eigenvalue weighted by Crippen LogP contribution is -2.27. The highest BCUT2D eigenvalue weighted by atomic mass is 16.1. The van der Waals surface area contributed by atoms with Gasteiger partial charge in [0.2, 0.25) is 5.91 Å². The van der Waals surface area contributed by atoms with E-state index in [2.05, 4.69) is 48.4 Å². The molecule has 0 fully saturated rings. The standard InChI is InChI=1S/C14H20N2O/c1-3-9-16-14(17)8-10-15-11-13-6-4-12(2)5-7-13/h3-7,15H,1,8-11H2,2H3,(H,16,17). The van der Waals surface area contributed by atoms with Crippen molar-refractivity contribution in [1.82, 2.24) is 10.6 Å². The maximum Gasteiger partial charge on any atom is 0.221 e. The second-order valence-electron chi connectivity index (χ2n) is 4.01. The minimum atomic E-state index is 0.0568. The fourth-order valence-electron chi connectivity index (χ4n) is 1.41. The molecule has 0 bridgehead atoms. The molecule has 0 aliphatic carbocycles. The average molecular weight is 232 g/mol. The summed E-state index contributed by atoms with van der Waals surface area (Å²) < 4.78 is 0. The molecule has 0 aromatic heterocycles. The van der Waals surface area contributed by atoms with Gasteiger partial charge in [0.05, 0.1) is 0 Å². The quantitative estimate of drug-likeness (QED) is 0.556. The van der Waals surface area contributed by atoms with Crippen molar-refractivity contribution in [2.45, 2.75) is 19.9 Å². The van der Waals surface area contributed by atoms with Crippen LogP contribution in [0.15, 0.2) is 36.9 Å². The van der Waals surface area contributed by atoms with Crippen molar-refractivity contribution < 1.29 is 4.79 Å². The van der Waals surface area contributed by atoms with Crippen molar-refractivity contribution in [2.75, 3.05) is 13.1 Å². The van der Waals surface area contributed by atoms with E-state index in [4.69, 9.17) is 0 Å². The summed E-state index contributed by atoms with van der Waals surface area (Å²) in [5.41, 5.74) is 2.50. The summed E-state index contributed by atoms with van der Waals surface area (Å²) in [6.07, 6.45) is 2.18. The Kier molecular flexibility index (Phi) is 6.04. The van der Waals surface area contributed by atoms with E-state index < -0.39 is 0 Å². The van der Waals surface area contributed by atoms with Gasteiger partial charge in [-0.25, -0.2) is 0 Å². The van der Waals surface area contributed by atoms with Crippen LogP contribution in [0.4, 0.5) is 0 Å². The molecular weight excluding hydrogens is 212 g/mol. The molecule has 1 amide bonds. The van der Waals surface area contributed by atoms with Crippen molar-refractivity contribution in [3.8, 4) is 0 Å². The van der Waals surface area contributed by atoms with E-state index in [1.807, 2.05) is 0 Å². The Morgan fingerprint density at radius 1 is 1.35 bits per heavy atom. The van der Waals surface area contributed by atoms with Gasteiger partial charge in [-0.2, -0.15) is 0 Å². The van der Waals surface area contributed by atoms with Gasteiger partial charge in [0.15, 0.2) is 0 Å². The highest BCUT2D eigenvalue weighted by molar-refractivity contribution is 5.76. The molecule has 0 heterocycles. The molecule has 3 heteroatoms. The number of benzene rings is 1. The zero-order valence-corrected chi connectivity index (χ0v) is 10.3. The third kappa shape index (κ3) is 5.88. The number of hydrogen-bond donors (Lipinski definition) is 2. The molecule has 0 radical (unpaired) electrons. The molecule has 0 atom stereocenters. The van der Waals surface area contributed by atoms with Gasteiger partial charge in [-0.15, -0.1) is 6.58 Å². The Labute approximate surface area is 103 Å². The highest BCUT2D eigenvalue weighted by Crippen LogP contribution is 2.02. The minimum Gasteiger partial charge on any atom is -0.353 e. The van der Waals surface area contributed by atoms with Crippen LogP contribution < -0.4 is 10.6 Å². The Morgan fingerprint density at radius 3 is 2.71 bits per heavy atom. The summed E-state index contributed by atoms with van der Waals surface area (Å²) in [5.74, 6) is 0.0568. The smallest absolute Gasteiger partial charge is 0.221 e. The lowest BCUT2D eigenvalue weighted by atomic mass is 10.1. The Balaban J connectivity index is 2.13. The van der Waals surface area contributed by atoms with Gasteiger partial charge in [0, 0.05) is 26.1 Å². The molecule has 1 aromatic carbocycles. The molecule has 0 aliphatic rings. The van der Waals surface area contributed by atoms with Crippen molar-refractivity contribution >= 4 is 5.91 Å². The number of aryl methyl sites for hydroxylation is 1. The molecule has 92 valence electrons. The second-order valence-corrected chi connectivity index (χ2v) is 4.01. The largest absolute Gasteiger partial charge is 0.353 e. The van der Waals surface area contributed by atoms with Crippen molar-refractivity contribution in [1.29, 1.82) is 0 Å². The monoisotopic (exact) mass is 232 g/mol. The van der Waals surface area contributed by atoms with Gasteiger partial charge in [-0.1, -0.05) is 35.9 Å². The van der Waals surface area contributed by atoms with Crippen LogP contribution in [0.25, 0.3) is 0 Å². The summed E-state index contributed by atoms with van der Waals surface area (Å²) in [7, 11) is 0. The molecule has 0 aliphatic heterocycles. The van der Waals surface area contributed by atoms with Crippen LogP contribution in [0, 0.1) is 6.92 Å². The van der Waals surface area contributed by atoms with Gasteiger partial charge in [0.1, 0.15) is 0 Å². The number of carbonyl (C=O) groups excluding carboxylic acids is 1. The number of carbonyl (C=O) groups is 1. The van der Waals surface area contributed by atoms with Crippen molar-refractivity contribution in [2.24, 2.45) is 0 Å². The van der Waals surface area contributed by atoms with E-state index in [1.54, 1.807) is 6.08 Å². The molecule has 0 saturated carbocycles. The molecule has 1 aromatic rings. The predicted octanol–water partition coefficient (Wildman–Crippen LogP) is 1.78. The van der Waals surface area contributed by atoms with E-state index in [0.29, 0.717) is 19.5 Å². The first kappa shape index (κ1) is 13.5. The highest BCUT2D eigenvalue weighted by Gasteiger charge is 1.98. The topological polar surface area (TPSA) is 41.1 Å². The number of amides is 1. The molecule has 0 unspecified atom stereocenters. The van der Waals surface area contributed by atoms with E-state index in [1.165, 1.54) is 11.1 Å². The Morgan fingerprint density at radius 2 is 2.06 bits per heavy atom. The fraction of sp³-hybridized carbons (Fsp3) is 0.357. The summed E-state index contributed by atoms with van der Waals surface area (Å²) >= 11 is 0. The van der Waals surface area contributed by atoms with Gasteiger partial charge < -0.3 is 10.6 Å². The summed E-state index contributed by atoms with van der Waals surface area (Å²) in [5, 5.41) is 5.98. The van der Waals surface area contributed by atoms with E-state index in [0.717, 1.165) is 6.54 Å². The van der Waals surface area contributed by atoms with Crippen LogP contribution in [0.3, 0.4) is 0 Å². The van der Waals surface area contributed by atoms with Gasteiger partial charge >= 0.3 is 0 Å². The lowest BCUT2D eigenvalue weighted by Gasteiger charge is -2.05. The summed E-state index contributed by atoms with van der Waals surface area (Å²) in [6, 6.07) is 8.38. The second kappa shape index (κ2) is 7.63. The van der Waals surface area contributed by atoms with Crippen LogP contribution in [0.5, 0.6) is 0 Å². The van der Waals surface area contributed by atoms with Crippen LogP contribution >= 0.6 is 0 Å². The normalized spacial score (nSPS) is 9.94. The number of rotatable bonds is 7. The Hall–Kier alpha value is -1.61. The molecule has 0 spiro atoms. The van der Waals surface area contributed by atoms with Crippen LogP contribution in [-0.4, -0.2) is 19.0 Å². The number of nitrogens with one attached hydrogen (secondary N) is 2. The summed E-state index contributed by atoms with van der Waals surface area (Å²) in [4.78, 5) is 11.3. The Bertz CT molecular complexity index is 357. The fourth-order valence-corrected chi connectivity index (χ4v) is 1.41. The third-order valence-electron chi connectivity index (χ3n) is 2.42. The van der Waals surface area contributed by atoms with Crippen molar-refractivity contribution in [3.63, 3.8) is 0 Å². The SMILES string of the molecule is C=CCNC(=O)CCNCc1ccc(C)cc1. The van der Waals surface area contributed by atoms with Crippen LogP contribution in [0.2, 0.25) is 0 Å². The van der Waals surface area contributed by atoms with Gasteiger partial charge in [0.25, 0.3) is 0 Å². The van der Waals surface area contributed by atoms with Gasteiger partial charge in [-0.05, 0) is 12.5 Å². The van der Waals surface area contributed by atoms with Crippen LogP contribution in [0.1, 0.15) is 17.5 Å². The maximum absolute atomic E-state index is 11.3. The predicted molar refractivity (Wildman–Crippen MR) is 70.7 cm³/mol. The average Bonchev–Trinajstić information content (AvgIpc) is 2.34. The lowest BCUT2D eigenvalue weighted by molar-refractivity contribution is -0.120. The summed E-state index contributed by atoms with van der Waals surface area (Å²) in [6.45, 7) is 7.65.